The molecule has 180 valence electrons. The molecule has 2 aromatic rings. The van der Waals surface area contributed by atoms with Crippen molar-refractivity contribution in [3.8, 4) is 23.0 Å². The van der Waals surface area contributed by atoms with Gasteiger partial charge >= 0.3 is 0 Å². The van der Waals surface area contributed by atoms with Crippen LogP contribution in [0.5, 0.6) is 23.0 Å². The molecule has 0 radical (unpaired) electrons. The predicted molar refractivity (Wildman–Crippen MR) is 127 cm³/mol. The Bertz CT molecular complexity index is 1100. The fourth-order valence-electron chi connectivity index (χ4n) is 5.66. The minimum Gasteiger partial charge on any atom is -0.497 e. The molecule has 0 aromatic heterocycles. The van der Waals surface area contributed by atoms with Crippen LogP contribution in [-0.2, 0) is 4.79 Å². The molecule has 2 fully saturated rings. The molecule has 7 nitrogen and oxygen atoms in total. The Morgan fingerprint density at radius 2 is 1.94 bits per heavy atom. The summed E-state index contributed by atoms with van der Waals surface area (Å²) >= 11 is 0. The summed E-state index contributed by atoms with van der Waals surface area (Å²) in [5.74, 6) is 2.60. The number of hydrogen-bond donors (Lipinski definition) is 1. The van der Waals surface area contributed by atoms with Gasteiger partial charge < -0.3 is 29.0 Å². The van der Waals surface area contributed by atoms with Crippen LogP contribution in [0.15, 0.2) is 42.5 Å². The van der Waals surface area contributed by atoms with Crippen molar-refractivity contribution >= 4 is 12.0 Å². The third-order valence-corrected chi connectivity index (χ3v) is 7.42. The lowest BCUT2D eigenvalue weighted by Gasteiger charge is -2.52. The maximum absolute atomic E-state index is 13.5. The monoisotopic (exact) mass is 465 g/mol. The highest BCUT2D eigenvalue weighted by Crippen LogP contribution is 2.51. The number of rotatable bonds is 5. The number of fused-ring (bicyclic) bond motifs is 2. The van der Waals surface area contributed by atoms with Crippen molar-refractivity contribution in [2.45, 2.75) is 43.7 Å². The van der Waals surface area contributed by atoms with E-state index in [2.05, 4.69) is 0 Å². The minimum absolute atomic E-state index is 0.0554. The Balaban J connectivity index is 1.48. The van der Waals surface area contributed by atoms with E-state index in [-0.39, 0.29) is 24.7 Å². The summed E-state index contributed by atoms with van der Waals surface area (Å²) in [6.07, 6.45) is 7.67. The van der Waals surface area contributed by atoms with Gasteiger partial charge in [-0.05, 0) is 55.2 Å². The highest BCUT2D eigenvalue weighted by Gasteiger charge is 2.50. The van der Waals surface area contributed by atoms with Crippen molar-refractivity contribution in [1.82, 2.24) is 4.90 Å². The lowest BCUT2D eigenvalue weighted by atomic mass is 9.66. The predicted octanol–water partition coefficient (Wildman–Crippen LogP) is 4.34. The van der Waals surface area contributed by atoms with Crippen LogP contribution in [0.25, 0.3) is 6.08 Å². The molecular weight excluding hydrogens is 434 g/mol. The van der Waals surface area contributed by atoms with E-state index in [1.165, 1.54) is 0 Å². The number of amides is 1. The average Bonchev–Trinajstić information content (AvgIpc) is 3.34. The number of ether oxygens (including phenoxy) is 4. The topological polar surface area (TPSA) is 77.5 Å². The first-order valence-corrected chi connectivity index (χ1v) is 11.8. The Kier molecular flexibility index (Phi) is 6.13. The second-order valence-corrected chi connectivity index (χ2v) is 9.24. The summed E-state index contributed by atoms with van der Waals surface area (Å²) in [4.78, 5) is 15.4. The van der Waals surface area contributed by atoms with Crippen LogP contribution in [0, 0.1) is 5.92 Å². The number of hydrogen-bond acceptors (Lipinski definition) is 6. The number of methoxy groups -OCH3 is 2. The van der Waals surface area contributed by atoms with Crippen molar-refractivity contribution in [3.63, 3.8) is 0 Å². The lowest BCUT2D eigenvalue weighted by molar-refractivity contribution is -0.151. The first-order chi connectivity index (χ1) is 16.5. The first kappa shape index (κ1) is 22.6. The summed E-state index contributed by atoms with van der Waals surface area (Å²) < 4.78 is 21.9. The number of nitrogens with zero attached hydrogens (tertiary/aromatic N) is 1. The van der Waals surface area contributed by atoms with Crippen LogP contribution < -0.4 is 18.9 Å². The van der Waals surface area contributed by atoms with Gasteiger partial charge in [0.05, 0.1) is 25.9 Å². The number of carbonyl (C=O) groups excluding carboxylic acids is 1. The highest BCUT2D eigenvalue weighted by molar-refractivity contribution is 5.92. The van der Waals surface area contributed by atoms with Crippen LogP contribution in [0.1, 0.15) is 49.3 Å². The molecule has 7 heteroatoms. The molecule has 3 aliphatic rings. The molecule has 1 saturated carbocycles. The van der Waals surface area contributed by atoms with Crippen LogP contribution in [-0.4, -0.2) is 49.1 Å². The summed E-state index contributed by atoms with van der Waals surface area (Å²) in [6, 6.07) is 11.0. The number of carbonyl (C=O) groups is 1. The van der Waals surface area contributed by atoms with Gasteiger partial charge in [-0.3, -0.25) is 4.79 Å². The number of piperidine rings is 1. The Morgan fingerprint density at radius 1 is 1.09 bits per heavy atom. The molecule has 5 rings (SSSR count). The number of aliphatic hydroxyl groups is 1. The van der Waals surface area contributed by atoms with Crippen molar-refractivity contribution in [2.24, 2.45) is 5.92 Å². The third kappa shape index (κ3) is 4.09. The summed E-state index contributed by atoms with van der Waals surface area (Å²) in [7, 11) is 3.24. The maximum Gasteiger partial charge on any atom is 0.247 e. The van der Waals surface area contributed by atoms with Gasteiger partial charge in [-0.1, -0.05) is 18.9 Å². The summed E-state index contributed by atoms with van der Waals surface area (Å²) in [6.45, 7) is 0.696. The maximum atomic E-state index is 13.5. The van der Waals surface area contributed by atoms with Crippen molar-refractivity contribution in [2.75, 3.05) is 27.6 Å². The first-order valence-electron chi connectivity index (χ1n) is 11.8. The van der Waals surface area contributed by atoms with Gasteiger partial charge in [0.2, 0.25) is 12.7 Å². The van der Waals surface area contributed by atoms with Crippen LogP contribution in [0.2, 0.25) is 0 Å². The Morgan fingerprint density at radius 3 is 2.76 bits per heavy atom. The zero-order valence-electron chi connectivity index (χ0n) is 19.7. The third-order valence-electron chi connectivity index (χ3n) is 7.42. The Hall–Kier alpha value is -3.19. The second kappa shape index (κ2) is 9.22. The van der Waals surface area contributed by atoms with Gasteiger partial charge in [0.1, 0.15) is 11.5 Å². The molecule has 0 spiro atoms. The van der Waals surface area contributed by atoms with E-state index in [1.807, 2.05) is 41.3 Å². The molecule has 0 unspecified atom stereocenters. The van der Waals surface area contributed by atoms with Gasteiger partial charge in [-0.2, -0.15) is 0 Å². The van der Waals surface area contributed by atoms with Crippen LogP contribution in [0.4, 0.5) is 0 Å². The molecule has 34 heavy (non-hydrogen) atoms. The molecule has 1 aliphatic carbocycles. The van der Waals surface area contributed by atoms with Crippen LogP contribution >= 0.6 is 0 Å². The summed E-state index contributed by atoms with van der Waals surface area (Å²) in [5.41, 5.74) is 0.992. The molecule has 0 bridgehead atoms. The fourth-order valence-corrected chi connectivity index (χ4v) is 5.66. The fraction of sp³-hybridized carbons (Fsp3) is 0.444. The zero-order valence-corrected chi connectivity index (χ0v) is 19.7. The van der Waals surface area contributed by atoms with E-state index in [0.29, 0.717) is 36.0 Å². The Labute approximate surface area is 199 Å². The molecule has 1 saturated heterocycles. The molecule has 1 amide bonds. The molecule has 2 heterocycles. The lowest BCUT2D eigenvalue weighted by Crippen LogP contribution is -2.56. The molecule has 3 atom stereocenters. The standard InChI is InChI=1S/C27H31NO6/c1-31-19-8-9-20(23(16-19)32-2)26-21-5-3-4-12-27(21,30)13-14-28(26)25(29)11-7-18-6-10-22-24(15-18)34-17-33-22/h6-11,15-16,21,26,30H,3-5,12-14,17H2,1-2H3/t21-,26-,27-/m0/s1. The highest BCUT2D eigenvalue weighted by atomic mass is 16.7. The number of likely N-dealkylation sites (tertiary alicyclic amines) is 1. The van der Waals surface area contributed by atoms with Crippen molar-refractivity contribution in [3.05, 3.63) is 53.6 Å². The van der Waals surface area contributed by atoms with Crippen molar-refractivity contribution in [1.29, 1.82) is 0 Å². The van der Waals surface area contributed by atoms with Crippen LogP contribution in [0.3, 0.4) is 0 Å². The van der Waals surface area contributed by atoms with E-state index in [1.54, 1.807) is 26.4 Å². The van der Waals surface area contributed by atoms with E-state index < -0.39 is 5.60 Å². The van der Waals surface area contributed by atoms with Gasteiger partial charge in [0, 0.05) is 30.2 Å². The van der Waals surface area contributed by atoms with E-state index in [0.717, 1.165) is 36.8 Å². The van der Waals surface area contributed by atoms with Gasteiger partial charge in [0.25, 0.3) is 0 Å². The molecule has 2 aliphatic heterocycles. The minimum atomic E-state index is -0.772. The zero-order chi connectivity index (χ0) is 23.7. The number of benzene rings is 2. The van der Waals surface area contributed by atoms with Crippen molar-refractivity contribution < 1.29 is 28.8 Å². The van der Waals surface area contributed by atoms with Gasteiger partial charge in [-0.25, -0.2) is 0 Å². The second-order valence-electron chi connectivity index (χ2n) is 9.24. The quantitative estimate of drug-likeness (QED) is 0.662. The van der Waals surface area contributed by atoms with E-state index in [4.69, 9.17) is 18.9 Å². The van der Waals surface area contributed by atoms with Gasteiger partial charge in [0.15, 0.2) is 11.5 Å². The average molecular weight is 466 g/mol. The summed E-state index contributed by atoms with van der Waals surface area (Å²) in [5, 5.41) is 11.5. The smallest absolute Gasteiger partial charge is 0.247 e. The molecule has 1 N–H and O–H groups in total. The normalized spacial score (nSPS) is 25.8. The van der Waals surface area contributed by atoms with E-state index >= 15 is 0 Å². The SMILES string of the molecule is COc1ccc([C@H]2[C@@H]3CCCC[C@]3(O)CCN2C(=O)C=Cc2ccc3c(c2)OCO3)c(OC)c1. The molecular formula is C27H31NO6. The van der Waals surface area contributed by atoms with E-state index in [9.17, 15) is 9.90 Å². The largest absolute Gasteiger partial charge is 0.497 e. The molecule has 2 aromatic carbocycles. The van der Waals surface area contributed by atoms with Gasteiger partial charge in [-0.15, -0.1) is 0 Å².